The summed E-state index contributed by atoms with van der Waals surface area (Å²) in [5.41, 5.74) is 1.26. The Labute approximate surface area is 137 Å². The van der Waals surface area contributed by atoms with Crippen molar-refractivity contribution >= 4 is 5.91 Å². The Kier molecular flexibility index (Phi) is 5.13. The monoisotopic (exact) mass is 313 g/mol. The molecule has 0 atom stereocenters. The molecule has 2 aromatic rings. The van der Waals surface area contributed by atoms with Gasteiger partial charge in [0.05, 0.1) is 12.6 Å². The van der Waals surface area contributed by atoms with E-state index in [-0.39, 0.29) is 5.91 Å². The Morgan fingerprint density at radius 2 is 2.00 bits per heavy atom. The molecule has 1 aliphatic rings. The van der Waals surface area contributed by atoms with Gasteiger partial charge in [-0.2, -0.15) is 0 Å². The van der Waals surface area contributed by atoms with Crippen LogP contribution in [0.25, 0.3) is 0 Å². The largest absolute Gasteiger partial charge is 0.464 e. The van der Waals surface area contributed by atoms with Crippen molar-refractivity contribution in [2.75, 3.05) is 13.1 Å². The fraction of sp³-hybridized carbons (Fsp3) is 0.421. The molecular weight excluding hydrogens is 288 g/mol. The van der Waals surface area contributed by atoms with Gasteiger partial charge in [-0.15, -0.1) is 0 Å². The number of quaternary nitrogens is 1. The number of amides is 1. The van der Waals surface area contributed by atoms with E-state index in [2.05, 4.69) is 17.4 Å². The number of nitrogens with zero attached hydrogens (tertiary/aromatic N) is 1. The molecule has 0 spiro atoms. The lowest BCUT2D eigenvalue weighted by atomic mass is 10.1. The first-order valence-corrected chi connectivity index (χ1v) is 8.41. The van der Waals surface area contributed by atoms with Crippen molar-refractivity contribution in [3.05, 3.63) is 59.5 Å². The number of furan rings is 1. The van der Waals surface area contributed by atoms with Crippen LogP contribution in [0, 0.1) is 6.92 Å². The van der Waals surface area contributed by atoms with Crippen molar-refractivity contribution in [2.45, 2.75) is 38.8 Å². The lowest BCUT2D eigenvalue weighted by Gasteiger charge is -2.21. The fourth-order valence-electron chi connectivity index (χ4n) is 2.69. The number of carbonyl (C=O) groups is 1. The molecule has 0 radical (unpaired) electrons. The summed E-state index contributed by atoms with van der Waals surface area (Å²) >= 11 is 0. The molecule has 0 bridgehead atoms. The van der Waals surface area contributed by atoms with E-state index in [9.17, 15) is 4.79 Å². The van der Waals surface area contributed by atoms with Crippen molar-refractivity contribution in [3.8, 4) is 0 Å². The van der Waals surface area contributed by atoms with Crippen LogP contribution in [0.15, 0.2) is 46.9 Å². The Bertz CT molecular complexity index is 632. The molecule has 0 unspecified atom stereocenters. The predicted octanol–water partition coefficient (Wildman–Crippen LogP) is 1.89. The lowest BCUT2D eigenvalue weighted by molar-refractivity contribution is -0.658. The van der Waals surface area contributed by atoms with E-state index in [0.717, 1.165) is 24.5 Å². The smallest absolute Gasteiger partial charge is 0.278 e. The Hall–Kier alpha value is -2.07. The quantitative estimate of drug-likeness (QED) is 0.809. The van der Waals surface area contributed by atoms with Gasteiger partial charge < -0.3 is 14.6 Å². The minimum absolute atomic E-state index is 0.196. The number of benzene rings is 1. The second-order valence-corrected chi connectivity index (χ2v) is 6.34. The zero-order valence-corrected chi connectivity index (χ0v) is 13.7. The maximum Gasteiger partial charge on any atom is 0.278 e. The summed E-state index contributed by atoms with van der Waals surface area (Å²) < 4.78 is 5.65. The predicted molar refractivity (Wildman–Crippen MR) is 88.8 cm³/mol. The van der Waals surface area contributed by atoms with Crippen LogP contribution in [0.3, 0.4) is 0 Å². The highest BCUT2D eigenvalue weighted by Crippen LogP contribution is 2.14. The summed E-state index contributed by atoms with van der Waals surface area (Å²) in [5.74, 6) is 1.94. The highest BCUT2D eigenvalue weighted by Gasteiger charge is 2.27. The molecule has 1 aromatic heterocycles. The highest BCUT2D eigenvalue weighted by molar-refractivity contribution is 5.77. The Balaban J connectivity index is 1.60. The molecule has 4 heteroatoms. The zero-order valence-electron chi connectivity index (χ0n) is 13.7. The first-order valence-electron chi connectivity index (χ1n) is 8.41. The summed E-state index contributed by atoms with van der Waals surface area (Å²) in [7, 11) is 0. The van der Waals surface area contributed by atoms with Gasteiger partial charge in [0, 0.05) is 19.4 Å². The van der Waals surface area contributed by atoms with E-state index in [4.69, 9.17) is 4.42 Å². The van der Waals surface area contributed by atoms with E-state index >= 15 is 0 Å². The molecule has 1 aliphatic carbocycles. The van der Waals surface area contributed by atoms with E-state index in [1.165, 1.54) is 18.4 Å². The van der Waals surface area contributed by atoms with Crippen molar-refractivity contribution in [1.82, 2.24) is 4.90 Å². The molecule has 3 rings (SSSR count). The van der Waals surface area contributed by atoms with Crippen LogP contribution < -0.4 is 5.32 Å². The van der Waals surface area contributed by atoms with Gasteiger partial charge in [0.15, 0.2) is 6.54 Å². The number of nitrogens with two attached hydrogens (primary N) is 1. The molecular formula is C19H25N2O2+. The minimum atomic E-state index is 0.196. The number of hydrogen-bond acceptors (Lipinski definition) is 2. The third-order valence-corrected chi connectivity index (χ3v) is 4.26. The van der Waals surface area contributed by atoms with Gasteiger partial charge in [0.2, 0.25) is 0 Å². The van der Waals surface area contributed by atoms with E-state index in [1.807, 2.05) is 42.2 Å². The molecule has 0 saturated heterocycles. The van der Waals surface area contributed by atoms with Gasteiger partial charge in [0.25, 0.3) is 5.91 Å². The summed E-state index contributed by atoms with van der Waals surface area (Å²) in [6, 6.07) is 14.9. The number of carbonyl (C=O) groups excluding carboxylic acids is 1. The van der Waals surface area contributed by atoms with Gasteiger partial charge in [-0.3, -0.25) is 4.79 Å². The molecule has 0 aliphatic heterocycles. The molecule has 1 saturated carbocycles. The van der Waals surface area contributed by atoms with Crippen molar-refractivity contribution in [1.29, 1.82) is 0 Å². The van der Waals surface area contributed by atoms with E-state index in [0.29, 0.717) is 19.1 Å². The maximum absolute atomic E-state index is 12.6. The van der Waals surface area contributed by atoms with E-state index in [1.54, 1.807) is 0 Å². The van der Waals surface area contributed by atoms with Gasteiger partial charge in [-0.25, -0.2) is 0 Å². The number of hydrogen-bond donors (Lipinski definition) is 1. The molecule has 23 heavy (non-hydrogen) atoms. The summed E-state index contributed by atoms with van der Waals surface area (Å²) in [4.78, 5) is 14.5. The van der Waals surface area contributed by atoms with Crippen molar-refractivity contribution < 1.29 is 14.5 Å². The molecule has 122 valence electrons. The molecule has 2 N–H and O–H groups in total. The van der Waals surface area contributed by atoms with Crippen LogP contribution >= 0.6 is 0 Å². The molecule has 1 aromatic carbocycles. The molecule has 4 nitrogen and oxygen atoms in total. The van der Waals surface area contributed by atoms with Crippen LogP contribution in [0.2, 0.25) is 0 Å². The van der Waals surface area contributed by atoms with Crippen LogP contribution in [0.1, 0.15) is 29.9 Å². The van der Waals surface area contributed by atoms with Crippen LogP contribution in [-0.2, 0) is 17.8 Å². The van der Waals surface area contributed by atoms with Gasteiger partial charge in [-0.05, 0) is 31.0 Å². The van der Waals surface area contributed by atoms with Crippen molar-refractivity contribution in [3.63, 3.8) is 0 Å². The third-order valence-electron chi connectivity index (χ3n) is 4.26. The second-order valence-electron chi connectivity index (χ2n) is 6.34. The average Bonchev–Trinajstić information content (AvgIpc) is 3.31. The normalized spacial score (nSPS) is 14.0. The number of rotatable bonds is 8. The molecule has 1 amide bonds. The summed E-state index contributed by atoms with van der Waals surface area (Å²) in [6.45, 7) is 3.75. The third kappa shape index (κ3) is 4.96. The van der Waals surface area contributed by atoms with Crippen LogP contribution in [0.4, 0.5) is 0 Å². The molecule has 1 heterocycles. The van der Waals surface area contributed by atoms with Gasteiger partial charge >= 0.3 is 0 Å². The molecule has 1 fully saturated rings. The van der Waals surface area contributed by atoms with Crippen molar-refractivity contribution in [2.24, 2.45) is 0 Å². The average molecular weight is 313 g/mol. The first kappa shape index (κ1) is 15.8. The summed E-state index contributed by atoms with van der Waals surface area (Å²) in [5, 5.41) is 2.17. The standard InChI is InChI=1S/C19H24N2O2/c1-15-7-10-18(23-15)14-21(19(22)13-20-17-8-9-17)12-11-16-5-3-2-4-6-16/h2-7,10,17,20H,8-9,11-14H2,1H3/p+1. The minimum Gasteiger partial charge on any atom is -0.464 e. The van der Waals surface area contributed by atoms with E-state index < -0.39 is 0 Å². The second kappa shape index (κ2) is 7.47. The van der Waals surface area contributed by atoms with Crippen LogP contribution in [0.5, 0.6) is 0 Å². The Morgan fingerprint density at radius 3 is 2.65 bits per heavy atom. The Morgan fingerprint density at radius 1 is 1.22 bits per heavy atom. The zero-order chi connectivity index (χ0) is 16.1. The van der Waals surface area contributed by atoms with Crippen LogP contribution in [-0.4, -0.2) is 29.9 Å². The lowest BCUT2D eigenvalue weighted by Crippen LogP contribution is -2.88. The summed E-state index contributed by atoms with van der Waals surface area (Å²) in [6.07, 6.45) is 3.36. The SMILES string of the molecule is Cc1ccc(CN(CCc2ccccc2)C(=O)C[NH2+]C2CC2)o1. The topological polar surface area (TPSA) is 50.1 Å². The van der Waals surface area contributed by atoms with Gasteiger partial charge in [0.1, 0.15) is 11.5 Å². The first-order chi connectivity index (χ1) is 11.2. The maximum atomic E-state index is 12.6. The highest BCUT2D eigenvalue weighted by atomic mass is 16.3. The number of aryl methyl sites for hydroxylation is 1. The van der Waals surface area contributed by atoms with Gasteiger partial charge in [-0.1, -0.05) is 30.3 Å². The fourth-order valence-corrected chi connectivity index (χ4v) is 2.69.